The highest BCUT2D eigenvalue weighted by atomic mass is 32.1. The van der Waals surface area contributed by atoms with Gasteiger partial charge in [0.05, 0.1) is 10.6 Å². The molecule has 2 aromatic heterocycles. The summed E-state index contributed by atoms with van der Waals surface area (Å²) in [6, 6.07) is 7.73. The smallest absolute Gasteiger partial charge is 0.257 e. The van der Waals surface area contributed by atoms with Crippen molar-refractivity contribution >= 4 is 22.9 Å². The fourth-order valence-electron chi connectivity index (χ4n) is 2.80. The van der Waals surface area contributed by atoms with Gasteiger partial charge in [0.2, 0.25) is 5.89 Å². The fraction of sp³-hybridized carbons (Fsp3) is 0.316. The Morgan fingerprint density at radius 1 is 1.20 bits per heavy atom. The van der Waals surface area contributed by atoms with Gasteiger partial charge in [-0.1, -0.05) is 17.7 Å². The lowest BCUT2D eigenvalue weighted by molar-refractivity contribution is 0.102. The highest BCUT2D eigenvalue weighted by Gasteiger charge is 2.30. The number of amides is 1. The van der Waals surface area contributed by atoms with Gasteiger partial charge in [-0.15, -0.1) is 21.5 Å². The molecule has 2 heterocycles. The summed E-state index contributed by atoms with van der Waals surface area (Å²) in [6.45, 7) is 5.94. The molecule has 0 radical (unpaired) electrons. The van der Waals surface area contributed by atoms with Crippen molar-refractivity contribution in [2.24, 2.45) is 0 Å². The number of carbonyl (C=O) groups excluding carboxylic acids is 1. The topological polar surface area (TPSA) is 68.0 Å². The van der Waals surface area contributed by atoms with Crippen LogP contribution in [0.5, 0.6) is 0 Å². The van der Waals surface area contributed by atoms with E-state index in [4.69, 9.17) is 4.42 Å². The Morgan fingerprint density at radius 3 is 2.72 bits per heavy atom. The van der Waals surface area contributed by atoms with Crippen LogP contribution >= 0.6 is 11.3 Å². The first-order chi connectivity index (χ1) is 12.0. The second-order valence-electron chi connectivity index (χ2n) is 6.57. The Labute approximate surface area is 150 Å². The minimum absolute atomic E-state index is 0.103. The summed E-state index contributed by atoms with van der Waals surface area (Å²) in [5.41, 5.74) is 3.59. The lowest BCUT2D eigenvalue weighted by atomic mass is 10.1. The molecule has 4 rings (SSSR count). The van der Waals surface area contributed by atoms with Crippen molar-refractivity contribution in [3.8, 4) is 10.8 Å². The molecule has 1 aliphatic rings. The first-order valence-electron chi connectivity index (χ1n) is 8.34. The standard InChI is InChI=1S/C19H19N3O2S/c1-10-4-7-14(11(2)8-10)17(23)20-15-9-16(25-12(15)3)19-22-21-18(24-19)13-5-6-13/h4,7-9,13H,5-6H2,1-3H3,(H,20,23). The molecule has 1 saturated carbocycles. The summed E-state index contributed by atoms with van der Waals surface area (Å²) in [5, 5.41) is 11.3. The third kappa shape index (κ3) is 3.22. The highest BCUT2D eigenvalue weighted by molar-refractivity contribution is 7.15. The molecular formula is C19H19N3O2S. The van der Waals surface area contributed by atoms with Gasteiger partial charge in [0.15, 0.2) is 0 Å². The molecule has 0 spiro atoms. The number of nitrogens with zero attached hydrogens (tertiary/aromatic N) is 2. The lowest BCUT2D eigenvalue weighted by Crippen LogP contribution is -2.13. The van der Waals surface area contributed by atoms with E-state index in [0.29, 0.717) is 17.4 Å². The molecule has 1 N–H and O–H groups in total. The fourth-order valence-corrected chi connectivity index (χ4v) is 3.70. The minimum atomic E-state index is -0.103. The van der Waals surface area contributed by atoms with Crippen LogP contribution in [0.25, 0.3) is 10.8 Å². The number of hydrogen-bond donors (Lipinski definition) is 1. The van der Waals surface area contributed by atoms with Gasteiger partial charge in [0, 0.05) is 16.4 Å². The largest absolute Gasteiger partial charge is 0.420 e. The minimum Gasteiger partial charge on any atom is -0.420 e. The van der Waals surface area contributed by atoms with E-state index in [-0.39, 0.29) is 5.91 Å². The number of rotatable bonds is 4. The summed E-state index contributed by atoms with van der Waals surface area (Å²) in [5.74, 6) is 1.59. The number of hydrogen-bond acceptors (Lipinski definition) is 5. The number of thiophene rings is 1. The number of aromatic nitrogens is 2. The van der Waals surface area contributed by atoms with Crippen LogP contribution in [0.15, 0.2) is 28.7 Å². The van der Waals surface area contributed by atoms with Crippen LogP contribution < -0.4 is 5.32 Å². The predicted octanol–water partition coefficient (Wildman–Crippen LogP) is 4.85. The molecular weight excluding hydrogens is 334 g/mol. The normalized spacial score (nSPS) is 13.9. The molecule has 1 fully saturated rings. The van der Waals surface area contributed by atoms with E-state index in [0.717, 1.165) is 45.3 Å². The lowest BCUT2D eigenvalue weighted by Gasteiger charge is -2.08. The molecule has 0 unspecified atom stereocenters. The van der Waals surface area contributed by atoms with Gasteiger partial charge < -0.3 is 9.73 Å². The van der Waals surface area contributed by atoms with Crippen LogP contribution in [0, 0.1) is 20.8 Å². The molecule has 1 aromatic carbocycles. The van der Waals surface area contributed by atoms with Crippen molar-refractivity contribution in [1.29, 1.82) is 0 Å². The molecule has 128 valence electrons. The van der Waals surface area contributed by atoms with Crippen molar-refractivity contribution in [1.82, 2.24) is 10.2 Å². The summed E-state index contributed by atoms with van der Waals surface area (Å²) < 4.78 is 5.76. The maximum Gasteiger partial charge on any atom is 0.257 e. The summed E-state index contributed by atoms with van der Waals surface area (Å²) >= 11 is 1.55. The molecule has 0 aliphatic heterocycles. The van der Waals surface area contributed by atoms with Crippen molar-refractivity contribution in [2.75, 3.05) is 5.32 Å². The Morgan fingerprint density at radius 2 is 2.00 bits per heavy atom. The molecule has 0 atom stereocenters. The average Bonchev–Trinajstić information content (AvgIpc) is 3.18. The molecule has 6 heteroatoms. The molecule has 0 saturated heterocycles. The Balaban J connectivity index is 1.56. The summed E-state index contributed by atoms with van der Waals surface area (Å²) in [6.07, 6.45) is 2.25. The van der Waals surface area contributed by atoms with Gasteiger partial charge >= 0.3 is 0 Å². The zero-order chi connectivity index (χ0) is 17.6. The van der Waals surface area contributed by atoms with Crippen molar-refractivity contribution < 1.29 is 9.21 Å². The van der Waals surface area contributed by atoms with Crippen LogP contribution in [0.4, 0.5) is 5.69 Å². The van der Waals surface area contributed by atoms with Crippen LogP contribution in [0.1, 0.15) is 51.0 Å². The van der Waals surface area contributed by atoms with Gasteiger partial charge in [-0.2, -0.15) is 0 Å². The average molecular weight is 353 g/mol. The summed E-state index contributed by atoms with van der Waals surface area (Å²) in [7, 11) is 0. The number of aryl methyl sites for hydroxylation is 3. The van der Waals surface area contributed by atoms with E-state index in [9.17, 15) is 4.79 Å². The van der Waals surface area contributed by atoms with Gasteiger partial charge in [-0.3, -0.25) is 4.79 Å². The van der Waals surface area contributed by atoms with E-state index >= 15 is 0 Å². The summed E-state index contributed by atoms with van der Waals surface area (Å²) in [4.78, 5) is 14.5. The zero-order valence-electron chi connectivity index (χ0n) is 14.4. The van der Waals surface area contributed by atoms with Crippen molar-refractivity contribution in [2.45, 2.75) is 39.5 Å². The second-order valence-corrected chi connectivity index (χ2v) is 7.83. The van der Waals surface area contributed by atoms with E-state index < -0.39 is 0 Å². The Bertz CT molecular complexity index is 953. The quantitative estimate of drug-likeness (QED) is 0.728. The number of anilines is 1. The molecule has 1 amide bonds. The molecule has 1 aliphatic carbocycles. The number of benzene rings is 1. The SMILES string of the molecule is Cc1ccc(C(=O)Nc2cc(-c3nnc(C4CC4)o3)sc2C)c(C)c1. The van der Waals surface area contributed by atoms with E-state index in [2.05, 4.69) is 15.5 Å². The van der Waals surface area contributed by atoms with Crippen LogP contribution in [-0.2, 0) is 0 Å². The van der Waals surface area contributed by atoms with Crippen molar-refractivity contribution in [3.05, 3.63) is 51.7 Å². The third-order valence-electron chi connectivity index (χ3n) is 4.37. The maximum absolute atomic E-state index is 12.6. The molecule has 5 nitrogen and oxygen atoms in total. The third-order valence-corrected chi connectivity index (χ3v) is 5.41. The number of nitrogens with one attached hydrogen (secondary N) is 1. The Kier molecular flexibility index (Phi) is 3.92. The van der Waals surface area contributed by atoms with Gasteiger partial charge in [0.25, 0.3) is 11.8 Å². The first kappa shape index (κ1) is 16.0. The van der Waals surface area contributed by atoms with Crippen LogP contribution in [0.3, 0.4) is 0 Å². The highest BCUT2D eigenvalue weighted by Crippen LogP contribution is 2.41. The molecule has 25 heavy (non-hydrogen) atoms. The molecule has 3 aromatic rings. The molecule has 0 bridgehead atoms. The second kappa shape index (κ2) is 6.11. The van der Waals surface area contributed by atoms with Gasteiger partial charge in [-0.25, -0.2) is 0 Å². The number of carbonyl (C=O) groups is 1. The van der Waals surface area contributed by atoms with Crippen LogP contribution in [-0.4, -0.2) is 16.1 Å². The van der Waals surface area contributed by atoms with Crippen LogP contribution in [0.2, 0.25) is 0 Å². The monoisotopic (exact) mass is 353 g/mol. The first-order valence-corrected chi connectivity index (χ1v) is 9.15. The van der Waals surface area contributed by atoms with E-state index in [1.165, 1.54) is 0 Å². The zero-order valence-corrected chi connectivity index (χ0v) is 15.2. The van der Waals surface area contributed by atoms with Gasteiger partial charge in [0.1, 0.15) is 0 Å². The predicted molar refractivity (Wildman–Crippen MR) is 98.2 cm³/mol. The van der Waals surface area contributed by atoms with E-state index in [1.807, 2.05) is 45.0 Å². The van der Waals surface area contributed by atoms with Gasteiger partial charge in [-0.05, 0) is 51.3 Å². The van der Waals surface area contributed by atoms with Crippen molar-refractivity contribution in [3.63, 3.8) is 0 Å². The maximum atomic E-state index is 12.6. The van der Waals surface area contributed by atoms with E-state index in [1.54, 1.807) is 11.3 Å². The Hall–Kier alpha value is -2.47.